The maximum atomic E-state index is 13.4. The number of nitriles is 1. The Morgan fingerprint density at radius 1 is 1.42 bits per heavy atom. The molecule has 94 valence electrons. The summed E-state index contributed by atoms with van der Waals surface area (Å²) in [5.41, 5.74) is 0.0144. The average Bonchev–Trinajstić information content (AvgIpc) is 2.39. The van der Waals surface area contributed by atoms with Crippen molar-refractivity contribution in [3.63, 3.8) is 0 Å². The van der Waals surface area contributed by atoms with Crippen LogP contribution in [0.3, 0.4) is 0 Å². The summed E-state index contributed by atoms with van der Waals surface area (Å²) in [6, 6.07) is 7.14. The normalized spacial score (nSPS) is 9.74. The summed E-state index contributed by atoms with van der Waals surface area (Å²) in [6.07, 6.45) is 2.74. The minimum absolute atomic E-state index is 0.0902. The molecule has 1 amide bonds. The van der Waals surface area contributed by atoms with Gasteiger partial charge >= 0.3 is 0 Å². The Morgan fingerprint density at radius 3 is 2.89 bits per heavy atom. The Hall–Kier alpha value is -2.45. The van der Waals surface area contributed by atoms with Gasteiger partial charge in [-0.05, 0) is 18.2 Å². The highest BCUT2D eigenvalue weighted by molar-refractivity contribution is 6.34. The van der Waals surface area contributed by atoms with Gasteiger partial charge in [-0.2, -0.15) is 5.26 Å². The molecule has 0 aliphatic heterocycles. The third kappa shape index (κ3) is 2.69. The Labute approximate surface area is 113 Å². The van der Waals surface area contributed by atoms with E-state index in [9.17, 15) is 9.18 Å². The topological polar surface area (TPSA) is 65.8 Å². The van der Waals surface area contributed by atoms with Crippen LogP contribution in [0.5, 0.6) is 0 Å². The van der Waals surface area contributed by atoms with Crippen molar-refractivity contribution < 1.29 is 9.18 Å². The van der Waals surface area contributed by atoms with E-state index in [1.165, 1.54) is 30.6 Å². The lowest BCUT2D eigenvalue weighted by atomic mass is 10.1. The quantitative estimate of drug-likeness (QED) is 0.916. The van der Waals surface area contributed by atoms with Crippen LogP contribution in [-0.2, 0) is 0 Å². The van der Waals surface area contributed by atoms with Crippen LogP contribution in [0.2, 0.25) is 5.02 Å². The molecule has 1 N–H and O–H groups in total. The Morgan fingerprint density at radius 2 is 2.21 bits per heavy atom. The molecule has 0 aliphatic carbocycles. The van der Waals surface area contributed by atoms with Crippen molar-refractivity contribution in [3.8, 4) is 6.07 Å². The molecule has 0 unspecified atom stereocenters. The fourth-order valence-electron chi connectivity index (χ4n) is 1.48. The van der Waals surface area contributed by atoms with Gasteiger partial charge in [-0.15, -0.1) is 0 Å². The smallest absolute Gasteiger partial charge is 0.258 e. The molecule has 0 bridgehead atoms. The summed E-state index contributed by atoms with van der Waals surface area (Å²) in [4.78, 5) is 15.7. The molecule has 19 heavy (non-hydrogen) atoms. The second kappa shape index (κ2) is 5.46. The monoisotopic (exact) mass is 275 g/mol. The summed E-state index contributed by atoms with van der Waals surface area (Å²) in [5.74, 6) is -1.25. The van der Waals surface area contributed by atoms with Gasteiger partial charge in [-0.1, -0.05) is 17.7 Å². The van der Waals surface area contributed by atoms with E-state index in [4.69, 9.17) is 16.9 Å². The van der Waals surface area contributed by atoms with E-state index in [0.29, 0.717) is 0 Å². The highest BCUT2D eigenvalue weighted by Gasteiger charge is 2.14. The predicted octanol–water partition coefficient (Wildman–Crippen LogP) is 3.00. The number of amides is 1. The van der Waals surface area contributed by atoms with Crippen LogP contribution in [0.1, 0.15) is 15.9 Å². The molecule has 6 heteroatoms. The summed E-state index contributed by atoms with van der Waals surface area (Å²) in [5, 5.41) is 11.5. The molecule has 2 rings (SSSR count). The molecule has 0 aliphatic rings. The van der Waals surface area contributed by atoms with Gasteiger partial charge in [-0.3, -0.25) is 9.78 Å². The van der Waals surface area contributed by atoms with E-state index in [-0.39, 0.29) is 21.8 Å². The van der Waals surface area contributed by atoms with Crippen molar-refractivity contribution in [1.29, 1.82) is 5.26 Å². The van der Waals surface area contributed by atoms with Crippen LogP contribution in [0.25, 0.3) is 0 Å². The van der Waals surface area contributed by atoms with Crippen molar-refractivity contribution in [1.82, 2.24) is 4.98 Å². The molecule has 0 saturated heterocycles. The van der Waals surface area contributed by atoms with Gasteiger partial charge in [0.25, 0.3) is 5.91 Å². The SMILES string of the molecule is N#Cc1c(F)cccc1NC(=O)c1cnccc1Cl. The summed E-state index contributed by atoms with van der Waals surface area (Å²) >= 11 is 5.85. The van der Waals surface area contributed by atoms with Crippen molar-refractivity contribution in [2.75, 3.05) is 5.32 Å². The van der Waals surface area contributed by atoms with Gasteiger partial charge in [-0.25, -0.2) is 4.39 Å². The zero-order chi connectivity index (χ0) is 13.8. The van der Waals surface area contributed by atoms with E-state index >= 15 is 0 Å². The number of benzene rings is 1. The number of aromatic nitrogens is 1. The summed E-state index contributed by atoms with van der Waals surface area (Å²) in [7, 11) is 0. The van der Waals surface area contributed by atoms with Gasteiger partial charge in [0.2, 0.25) is 0 Å². The van der Waals surface area contributed by atoms with Crippen molar-refractivity contribution in [3.05, 3.63) is 58.6 Å². The largest absolute Gasteiger partial charge is 0.321 e. The fourth-order valence-corrected chi connectivity index (χ4v) is 1.67. The van der Waals surface area contributed by atoms with Gasteiger partial charge in [0, 0.05) is 12.4 Å². The van der Waals surface area contributed by atoms with Crippen molar-refractivity contribution in [2.24, 2.45) is 0 Å². The van der Waals surface area contributed by atoms with E-state index in [1.807, 2.05) is 0 Å². The summed E-state index contributed by atoms with van der Waals surface area (Å²) in [6.45, 7) is 0. The number of pyridine rings is 1. The molecule has 0 fully saturated rings. The second-order valence-electron chi connectivity index (χ2n) is 3.58. The van der Waals surface area contributed by atoms with E-state index in [2.05, 4.69) is 10.3 Å². The van der Waals surface area contributed by atoms with Crippen LogP contribution in [0.4, 0.5) is 10.1 Å². The minimum atomic E-state index is -0.697. The van der Waals surface area contributed by atoms with E-state index < -0.39 is 11.7 Å². The molecule has 1 aromatic heterocycles. The Kier molecular flexibility index (Phi) is 3.74. The molecular weight excluding hydrogens is 269 g/mol. The van der Waals surface area contributed by atoms with E-state index in [0.717, 1.165) is 6.07 Å². The number of hydrogen-bond acceptors (Lipinski definition) is 3. The number of carbonyl (C=O) groups excluding carboxylic acids is 1. The average molecular weight is 276 g/mol. The van der Waals surface area contributed by atoms with Crippen molar-refractivity contribution in [2.45, 2.75) is 0 Å². The van der Waals surface area contributed by atoms with Gasteiger partial charge < -0.3 is 5.32 Å². The highest BCUT2D eigenvalue weighted by atomic mass is 35.5. The Balaban J connectivity index is 2.33. The Bertz CT molecular complexity index is 682. The zero-order valence-corrected chi connectivity index (χ0v) is 10.3. The van der Waals surface area contributed by atoms with Gasteiger partial charge in [0.05, 0.1) is 16.3 Å². The fraction of sp³-hybridized carbons (Fsp3) is 0. The molecular formula is C13H7ClFN3O. The van der Waals surface area contributed by atoms with Crippen LogP contribution in [0.15, 0.2) is 36.7 Å². The number of hydrogen-bond donors (Lipinski definition) is 1. The number of carbonyl (C=O) groups is 1. The second-order valence-corrected chi connectivity index (χ2v) is 3.99. The number of nitrogens with one attached hydrogen (secondary N) is 1. The number of anilines is 1. The van der Waals surface area contributed by atoms with Crippen LogP contribution < -0.4 is 5.32 Å². The third-order valence-corrected chi connectivity index (χ3v) is 2.72. The van der Waals surface area contributed by atoms with Crippen molar-refractivity contribution >= 4 is 23.2 Å². The number of rotatable bonds is 2. The first-order chi connectivity index (χ1) is 9.13. The van der Waals surface area contributed by atoms with E-state index in [1.54, 1.807) is 6.07 Å². The maximum Gasteiger partial charge on any atom is 0.258 e. The maximum absolute atomic E-state index is 13.4. The predicted molar refractivity (Wildman–Crippen MR) is 68.3 cm³/mol. The molecule has 0 radical (unpaired) electrons. The standard InChI is InChI=1S/C13H7ClFN3O/c14-10-4-5-17-7-9(10)13(19)18-12-3-1-2-11(15)8(12)6-16/h1-5,7H,(H,18,19). The first-order valence-electron chi connectivity index (χ1n) is 5.23. The highest BCUT2D eigenvalue weighted by Crippen LogP contribution is 2.20. The molecule has 0 saturated carbocycles. The molecule has 0 spiro atoms. The molecule has 0 atom stereocenters. The summed E-state index contributed by atoms with van der Waals surface area (Å²) < 4.78 is 13.4. The number of halogens is 2. The molecule has 4 nitrogen and oxygen atoms in total. The lowest BCUT2D eigenvalue weighted by Crippen LogP contribution is -2.14. The van der Waals surface area contributed by atoms with Crippen LogP contribution >= 0.6 is 11.6 Å². The molecule has 2 aromatic rings. The van der Waals surface area contributed by atoms with Gasteiger partial charge in [0.15, 0.2) is 0 Å². The lowest BCUT2D eigenvalue weighted by Gasteiger charge is -2.08. The van der Waals surface area contributed by atoms with Crippen LogP contribution in [-0.4, -0.2) is 10.9 Å². The first-order valence-corrected chi connectivity index (χ1v) is 5.60. The lowest BCUT2D eigenvalue weighted by molar-refractivity contribution is 0.102. The number of nitrogens with zero attached hydrogens (tertiary/aromatic N) is 2. The van der Waals surface area contributed by atoms with Crippen LogP contribution in [0, 0.1) is 17.1 Å². The molecule has 1 heterocycles. The molecule has 1 aromatic carbocycles. The zero-order valence-electron chi connectivity index (χ0n) is 9.52. The van der Waals surface area contributed by atoms with Gasteiger partial charge in [0.1, 0.15) is 17.4 Å². The third-order valence-electron chi connectivity index (χ3n) is 2.39. The first kappa shape index (κ1) is 13.0. The minimum Gasteiger partial charge on any atom is -0.321 e.